The van der Waals surface area contributed by atoms with Crippen LogP contribution in [0.15, 0.2) is 84.9 Å². The topological polar surface area (TPSA) is 72.9 Å². The number of unbranched alkanes of at least 4 members (excludes halogenated alkanes) is 1. The van der Waals surface area contributed by atoms with E-state index in [1.165, 1.54) is 4.90 Å². The van der Waals surface area contributed by atoms with Crippen molar-refractivity contribution in [2.75, 3.05) is 16.8 Å². The van der Waals surface area contributed by atoms with Crippen LogP contribution in [0.2, 0.25) is 0 Å². The van der Waals surface area contributed by atoms with Crippen LogP contribution in [0.4, 0.5) is 16.2 Å². The molecular weight excluding hydrogens is 402 g/mol. The second-order valence-electron chi connectivity index (χ2n) is 8.21. The van der Waals surface area contributed by atoms with Crippen molar-refractivity contribution in [1.82, 2.24) is 4.90 Å². The molecule has 3 amide bonds. The molecule has 0 aliphatic carbocycles. The number of carbonyl (C=O) groups is 2. The molecule has 0 radical (unpaired) electrons. The number of amides is 3. The third-order valence-electron chi connectivity index (χ3n) is 6.48. The maximum absolute atomic E-state index is 14.0. The van der Waals surface area contributed by atoms with Crippen molar-refractivity contribution in [3.63, 3.8) is 0 Å². The lowest BCUT2D eigenvalue weighted by molar-refractivity contribution is -0.144. The first-order valence-electron chi connectivity index (χ1n) is 10.9. The molecule has 2 aliphatic heterocycles. The van der Waals surface area contributed by atoms with Crippen molar-refractivity contribution >= 4 is 23.3 Å². The first kappa shape index (κ1) is 20.3. The summed E-state index contributed by atoms with van der Waals surface area (Å²) in [5.74, 6) is -0.423. The Labute approximate surface area is 187 Å². The molecule has 162 valence electrons. The van der Waals surface area contributed by atoms with Crippen LogP contribution in [0.1, 0.15) is 30.9 Å². The molecule has 32 heavy (non-hydrogen) atoms. The Balaban J connectivity index is 1.88. The number of fused-ring (bicyclic) bond motifs is 3. The van der Waals surface area contributed by atoms with E-state index < -0.39 is 23.2 Å². The summed E-state index contributed by atoms with van der Waals surface area (Å²) in [6.07, 6.45) is 1.55. The van der Waals surface area contributed by atoms with E-state index in [4.69, 9.17) is 0 Å². The number of carbonyl (C=O) groups excluding carboxylic acids is 2. The molecule has 1 fully saturated rings. The van der Waals surface area contributed by atoms with Crippen LogP contribution in [0.3, 0.4) is 0 Å². The molecule has 6 nitrogen and oxygen atoms in total. The Morgan fingerprint density at radius 3 is 2.19 bits per heavy atom. The Kier molecular flexibility index (Phi) is 4.75. The van der Waals surface area contributed by atoms with Crippen LogP contribution in [-0.4, -0.2) is 28.5 Å². The van der Waals surface area contributed by atoms with Crippen molar-refractivity contribution in [1.29, 1.82) is 0 Å². The van der Waals surface area contributed by atoms with Gasteiger partial charge < -0.3 is 15.3 Å². The smallest absolute Gasteiger partial charge is 0.328 e. The number of nitrogens with zero attached hydrogens (tertiary/aromatic N) is 2. The summed E-state index contributed by atoms with van der Waals surface area (Å²) in [6, 6.07) is 24.9. The molecule has 3 aromatic carbocycles. The largest absolute Gasteiger partial charge is 0.364 e. The average molecular weight is 428 g/mol. The maximum atomic E-state index is 14.0. The van der Waals surface area contributed by atoms with Gasteiger partial charge in [0.15, 0.2) is 0 Å². The highest BCUT2D eigenvalue weighted by Gasteiger charge is 2.74. The standard InChI is InChI=1S/C26H25N3O3/c1-2-3-18-28-24(31)29(20-14-8-5-9-15-20)26(32)21-16-10-11-17-22(21)27-23(30)25(26,28)19-12-6-4-7-13-19/h4-17,32H,2-3,18H2,1H3,(H,27,30)/t25-,26-/m1/s1. The maximum Gasteiger partial charge on any atom is 0.328 e. The van der Waals surface area contributed by atoms with Gasteiger partial charge in [0.1, 0.15) is 0 Å². The summed E-state index contributed by atoms with van der Waals surface area (Å²) in [7, 11) is 0. The van der Waals surface area contributed by atoms with Gasteiger partial charge in [0.25, 0.3) is 5.91 Å². The van der Waals surface area contributed by atoms with Crippen molar-refractivity contribution in [2.24, 2.45) is 0 Å². The molecule has 5 rings (SSSR count). The van der Waals surface area contributed by atoms with Crippen molar-refractivity contribution in [3.8, 4) is 0 Å². The molecular formula is C26H25N3O3. The predicted octanol–water partition coefficient (Wildman–Crippen LogP) is 4.42. The fourth-order valence-electron chi connectivity index (χ4n) is 5.08. The second-order valence-corrected chi connectivity index (χ2v) is 8.21. The molecule has 0 unspecified atom stereocenters. The number of anilines is 2. The van der Waals surface area contributed by atoms with Gasteiger partial charge in [-0.2, -0.15) is 0 Å². The van der Waals surface area contributed by atoms with E-state index in [0.29, 0.717) is 35.5 Å². The Hall–Kier alpha value is -3.64. The van der Waals surface area contributed by atoms with Crippen LogP contribution in [0.5, 0.6) is 0 Å². The van der Waals surface area contributed by atoms with E-state index in [1.54, 1.807) is 47.4 Å². The first-order chi connectivity index (χ1) is 15.6. The molecule has 3 aromatic rings. The average Bonchev–Trinajstić information content (AvgIpc) is 3.03. The molecule has 0 aromatic heterocycles. The highest BCUT2D eigenvalue weighted by Crippen LogP contribution is 2.58. The van der Waals surface area contributed by atoms with Gasteiger partial charge in [-0.05, 0) is 30.2 Å². The minimum atomic E-state index is -1.94. The molecule has 1 saturated heterocycles. The third kappa shape index (κ3) is 2.50. The number of urea groups is 1. The summed E-state index contributed by atoms with van der Waals surface area (Å²) in [5, 5.41) is 15.7. The fourth-order valence-corrected chi connectivity index (χ4v) is 5.08. The number of rotatable bonds is 5. The number of benzene rings is 3. The Bertz CT molecular complexity index is 1170. The molecule has 2 atom stereocenters. The van der Waals surface area contributed by atoms with Crippen LogP contribution in [-0.2, 0) is 16.1 Å². The Morgan fingerprint density at radius 2 is 1.50 bits per heavy atom. The highest BCUT2D eigenvalue weighted by atomic mass is 16.3. The van der Waals surface area contributed by atoms with Crippen LogP contribution >= 0.6 is 0 Å². The quantitative estimate of drug-likeness (QED) is 0.633. The zero-order valence-electron chi connectivity index (χ0n) is 17.9. The van der Waals surface area contributed by atoms with E-state index in [0.717, 1.165) is 6.42 Å². The number of para-hydroxylation sites is 2. The van der Waals surface area contributed by atoms with E-state index in [9.17, 15) is 14.7 Å². The molecule has 2 N–H and O–H groups in total. The van der Waals surface area contributed by atoms with Gasteiger partial charge in [-0.25, -0.2) is 4.79 Å². The van der Waals surface area contributed by atoms with E-state index in [-0.39, 0.29) is 0 Å². The van der Waals surface area contributed by atoms with Crippen molar-refractivity contribution in [3.05, 3.63) is 96.1 Å². The summed E-state index contributed by atoms with van der Waals surface area (Å²) >= 11 is 0. The minimum absolute atomic E-state index is 0.339. The normalized spacial score (nSPS) is 24.2. The van der Waals surface area contributed by atoms with Gasteiger partial charge in [-0.3, -0.25) is 9.69 Å². The summed E-state index contributed by atoms with van der Waals surface area (Å²) in [6.45, 7) is 2.37. The molecule has 6 heteroatoms. The lowest BCUT2D eigenvalue weighted by Gasteiger charge is -2.49. The lowest BCUT2D eigenvalue weighted by Crippen LogP contribution is -2.66. The van der Waals surface area contributed by atoms with Crippen LogP contribution in [0.25, 0.3) is 0 Å². The van der Waals surface area contributed by atoms with E-state index in [2.05, 4.69) is 5.32 Å². The number of hydrogen-bond donors (Lipinski definition) is 2. The number of nitrogens with one attached hydrogen (secondary N) is 1. The van der Waals surface area contributed by atoms with Gasteiger partial charge in [-0.1, -0.05) is 80.1 Å². The van der Waals surface area contributed by atoms with Gasteiger partial charge in [0, 0.05) is 23.5 Å². The molecule has 2 heterocycles. The minimum Gasteiger partial charge on any atom is -0.364 e. The van der Waals surface area contributed by atoms with Gasteiger partial charge >= 0.3 is 6.03 Å². The van der Waals surface area contributed by atoms with Crippen LogP contribution < -0.4 is 10.2 Å². The second kappa shape index (κ2) is 7.50. The van der Waals surface area contributed by atoms with Crippen molar-refractivity contribution < 1.29 is 14.7 Å². The fraction of sp³-hybridized carbons (Fsp3) is 0.231. The van der Waals surface area contributed by atoms with Gasteiger partial charge in [-0.15, -0.1) is 0 Å². The monoisotopic (exact) mass is 427 g/mol. The third-order valence-corrected chi connectivity index (χ3v) is 6.48. The molecule has 0 saturated carbocycles. The highest BCUT2D eigenvalue weighted by molar-refractivity contribution is 6.12. The lowest BCUT2D eigenvalue weighted by atomic mass is 9.72. The summed E-state index contributed by atoms with van der Waals surface area (Å²) < 4.78 is 0. The van der Waals surface area contributed by atoms with Crippen molar-refractivity contribution in [2.45, 2.75) is 31.0 Å². The Morgan fingerprint density at radius 1 is 0.875 bits per heavy atom. The van der Waals surface area contributed by atoms with Gasteiger partial charge in [0.2, 0.25) is 11.3 Å². The van der Waals surface area contributed by atoms with Crippen LogP contribution in [0, 0.1) is 0 Å². The molecule has 0 spiro atoms. The number of hydrogen-bond acceptors (Lipinski definition) is 3. The van der Waals surface area contributed by atoms with E-state index in [1.807, 2.05) is 49.4 Å². The number of aliphatic hydroxyl groups is 1. The zero-order valence-corrected chi connectivity index (χ0v) is 17.9. The summed E-state index contributed by atoms with van der Waals surface area (Å²) in [5.41, 5.74) is -1.51. The predicted molar refractivity (Wildman–Crippen MR) is 123 cm³/mol. The molecule has 2 aliphatic rings. The van der Waals surface area contributed by atoms with Gasteiger partial charge in [0.05, 0.1) is 0 Å². The SMILES string of the molecule is CCCCN1C(=O)N(c2ccccc2)[C@@]2(O)c3ccccc3NC(=O)[C@@]12c1ccccc1. The van der Waals surface area contributed by atoms with E-state index >= 15 is 0 Å². The zero-order chi connectivity index (χ0) is 22.3. The summed E-state index contributed by atoms with van der Waals surface area (Å²) in [4.78, 5) is 30.9. The first-order valence-corrected chi connectivity index (χ1v) is 10.9. The molecule has 0 bridgehead atoms.